The van der Waals surface area contributed by atoms with Gasteiger partial charge >= 0.3 is 5.97 Å². The lowest BCUT2D eigenvalue weighted by atomic mass is 9.80. The van der Waals surface area contributed by atoms with Crippen LogP contribution >= 0.6 is 0 Å². The smallest absolute Gasteiger partial charge is 0.328 e. The Hall–Kier alpha value is -1.14. The Morgan fingerprint density at radius 2 is 2.12 bits per heavy atom. The molecule has 1 unspecified atom stereocenters. The Morgan fingerprint density at radius 3 is 2.59 bits per heavy atom. The van der Waals surface area contributed by atoms with E-state index in [0.717, 1.165) is 12.8 Å². The molecule has 6 heteroatoms. The molecule has 1 aliphatic rings. The van der Waals surface area contributed by atoms with Crippen LogP contribution in [0.5, 0.6) is 0 Å². The maximum absolute atomic E-state index is 11.5. The molecule has 17 heavy (non-hydrogen) atoms. The Bertz CT molecular complexity index is 275. The SMILES string of the molecule is CCOC1CC(CC(=O)NC(CO)C(=O)O)C1. The van der Waals surface area contributed by atoms with E-state index in [1.807, 2.05) is 6.92 Å². The van der Waals surface area contributed by atoms with E-state index >= 15 is 0 Å². The summed E-state index contributed by atoms with van der Waals surface area (Å²) in [5.41, 5.74) is 0. The Balaban J connectivity index is 2.20. The van der Waals surface area contributed by atoms with Gasteiger partial charge in [0.25, 0.3) is 0 Å². The summed E-state index contributed by atoms with van der Waals surface area (Å²) in [4.78, 5) is 22.0. The Morgan fingerprint density at radius 1 is 1.47 bits per heavy atom. The number of aliphatic carboxylic acids is 1. The number of carbonyl (C=O) groups excluding carboxylic acids is 1. The fraction of sp³-hybridized carbons (Fsp3) is 0.818. The molecule has 0 radical (unpaired) electrons. The highest BCUT2D eigenvalue weighted by Crippen LogP contribution is 2.32. The van der Waals surface area contributed by atoms with Crippen LogP contribution in [-0.2, 0) is 14.3 Å². The molecule has 0 saturated heterocycles. The van der Waals surface area contributed by atoms with Gasteiger partial charge in [-0.2, -0.15) is 0 Å². The van der Waals surface area contributed by atoms with E-state index in [4.69, 9.17) is 14.9 Å². The summed E-state index contributed by atoms with van der Waals surface area (Å²) < 4.78 is 5.36. The highest BCUT2D eigenvalue weighted by Gasteiger charge is 2.31. The molecule has 1 atom stereocenters. The molecular weight excluding hydrogens is 226 g/mol. The average Bonchev–Trinajstić information content (AvgIpc) is 2.22. The largest absolute Gasteiger partial charge is 0.480 e. The zero-order valence-corrected chi connectivity index (χ0v) is 9.89. The van der Waals surface area contributed by atoms with E-state index < -0.39 is 18.6 Å². The van der Waals surface area contributed by atoms with Crippen LogP contribution in [0.4, 0.5) is 0 Å². The van der Waals surface area contributed by atoms with Crippen LogP contribution < -0.4 is 5.32 Å². The van der Waals surface area contributed by atoms with E-state index in [9.17, 15) is 9.59 Å². The summed E-state index contributed by atoms with van der Waals surface area (Å²) in [5, 5.41) is 19.7. The first-order chi connectivity index (χ1) is 8.06. The van der Waals surface area contributed by atoms with E-state index in [0.29, 0.717) is 13.0 Å². The number of rotatable bonds is 7. The fourth-order valence-corrected chi connectivity index (χ4v) is 1.91. The van der Waals surface area contributed by atoms with Crippen LogP contribution in [0.1, 0.15) is 26.2 Å². The fourth-order valence-electron chi connectivity index (χ4n) is 1.91. The lowest BCUT2D eigenvalue weighted by Crippen LogP contribution is -2.45. The number of nitrogens with one attached hydrogen (secondary N) is 1. The van der Waals surface area contributed by atoms with Crippen LogP contribution in [0, 0.1) is 5.92 Å². The van der Waals surface area contributed by atoms with Gasteiger partial charge in [0, 0.05) is 13.0 Å². The molecule has 0 heterocycles. The van der Waals surface area contributed by atoms with Crippen molar-refractivity contribution in [2.45, 2.75) is 38.3 Å². The molecule has 0 aromatic rings. The molecule has 0 aromatic heterocycles. The first-order valence-corrected chi connectivity index (χ1v) is 5.81. The van der Waals surface area contributed by atoms with Gasteiger partial charge in [0.15, 0.2) is 0 Å². The minimum absolute atomic E-state index is 0.242. The van der Waals surface area contributed by atoms with Crippen molar-refractivity contribution in [1.82, 2.24) is 5.32 Å². The van der Waals surface area contributed by atoms with Crippen LogP contribution in [0.25, 0.3) is 0 Å². The van der Waals surface area contributed by atoms with Crippen molar-refractivity contribution < 1.29 is 24.5 Å². The topological polar surface area (TPSA) is 95.9 Å². The van der Waals surface area contributed by atoms with Gasteiger partial charge in [0.05, 0.1) is 12.7 Å². The molecule has 1 amide bonds. The van der Waals surface area contributed by atoms with E-state index in [-0.39, 0.29) is 17.9 Å². The van der Waals surface area contributed by atoms with Crippen LogP contribution in [-0.4, -0.2) is 47.4 Å². The van der Waals surface area contributed by atoms with Crippen molar-refractivity contribution in [2.75, 3.05) is 13.2 Å². The van der Waals surface area contributed by atoms with Gasteiger partial charge in [-0.3, -0.25) is 4.79 Å². The van der Waals surface area contributed by atoms with Crippen molar-refractivity contribution in [1.29, 1.82) is 0 Å². The maximum atomic E-state index is 11.5. The summed E-state index contributed by atoms with van der Waals surface area (Å²) in [5.74, 6) is -1.28. The second-order valence-corrected chi connectivity index (χ2v) is 4.26. The minimum Gasteiger partial charge on any atom is -0.480 e. The minimum atomic E-state index is -1.22. The van der Waals surface area contributed by atoms with Crippen molar-refractivity contribution in [3.05, 3.63) is 0 Å². The average molecular weight is 245 g/mol. The molecule has 0 aliphatic heterocycles. The molecule has 0 spiro atoms. The number of carbonyl (C=O) groups is 2. The lowest BCUT2D eigenvalue weighted by molar-refractivity contribution is -0.143. The van der Waals surface area contributed by atoms with Crippen molar-refractivity contribution in [2.24, 2.45) is 5.92 Å². The van der Waals surface area contributed by atoms with Crippen LogP contribution in [0.15, 0.2) is 0 Å². The number of carboxylic acid groups (broad SMARTS) is 1. The molecule has 6 nitrogen and oxygen atoms in total. The van der Waals surface area contributed by atoms with E-state index in [2.05, 4.69) is 5.32 Å². The molecule has 1 aliphatic carbocycles. The first kappa shape index (κ1) is 13.9. The van der Waals surface area contributed by atoms with Gasteiger partial charge in [0.1, 0.15) is 6.04 Å². The third-order valence-corrected chi connectivity index (χ3v) is 2.88. The van der Waals surface area contributed by atoms with E-state index in [1.165, 1.54) is 0 Å². The number of aliphatic hydroxyl groups excluding tert-OH is 1. The number of aliphatic hydroxyl groups is 1. The second kappa shape index (κ2) is 6.56. The highest BCUT2D eigenvalue weighted by atomic mass is 16.5. The normalized spacial score (nSPS) is 24.8. The third kappa shape index (κ3) is 4.32. The summed E-state index contributed by atoms with van der Waals surface area (Å²) >= 11 is 0. The first-order valence-electron chi connectivity index (χ1n) is 5.81. The quantitative estimate of drug-likeness (QED) is 0.575. The van der Waals surface area contributed by atoms with Gasteiger partial charge in [-0.05, 0) is 25.7 Å². The number of carboxylic acids is 1. The van der Waals surface area contributed by atoms with Crippen molar-refractivity contribution >= 4 is 11.9 Å². The van der Waals surface area contributed by atoms with Crippen molar-refractivity contribution in [3.8, 4) is 0 Å². The maximum Gasteiger partial charge on any atom is 0.328 e. The van der Waals surface area contributed by atoms with E-state index in [1.54, 1.807) is 0 Å². The monoisotopic (exact) mass is 245 g/mol. The van der Waals surface area contributed by atoms with Gasteiger partial charge in [-0.25, -0.2) is 4.79 Å². The second-order valence-electron chi connectivity index (χ2n) is 4.26. The summed E-state index contributed by atoms with van der Waals surface area (Å²) in [7, 11) is 0. The Kier molecular flexibility index (Phi) is 5.37. The summed E-state index contributed by atoms with van der Waals surface area (Å²) in [6, 6.07) is -1.20. The molecule has 98 valence electrons. The zero-order chi connectivity index (χ0) is 12.8. The standard InChI is InChI=1S/C11H19NO5/c1-2-17-8-3-7(4-8)5-10(14)12-9(6-13)11(15)16/h7-9,13H,2-6H2,1H3,(H,12,14)(H,15,16). The molecule has 1 rings (SSSR count). The van der Waals surface area contributed by atoms with Crippen LogP contribution in [0.2, 0.25) is 0 Å². The number of ether oxygens (including phenoxy) is 1. The predicted molar refractivity (Wildman–Crippen MR) is 59.4 cm³/mol. The molecule has 1 saturated carbocycles. The van der Waals surface area contributed by atoms with Crippen molar-refractivity contribution in [3.63, 3.8) is 0 Å². The third-order valence-electron chi connectivity index (χ3n) is 2.88. The van der Waals surface area contributed by atoms with Gasteiger partial charge in [-0.15, -0.1) is 0 Å². The van der Waals surface area contributed by atoms with Gasteiger partial charge in [0.2, 0.25) is 5.91 Å². The number of hydrogen-bond donors (Lipinski definition) is 3. The molecule has 3 N–H and O–H groups in total. The highest BCUT2D eigenvalue weighted by molar-refractivity contribution is 5.83. The summed E-state index contributed by atoms with van der Waals surface area (Å²) in [6.07, 6.45) is 2.23. The lowest BCUT2D eigenvalue weighted by Gasteiger charge is -2.34. The number of amides is 1. The molecular formula is C11H19NO5. The van der Waals surface area contributed by atoms with Crippen LogP contribution in [0.3, 0.4) is 0 Å². The molecule has 1 fully saturated rings. The predicted octanol–water partition coefficient (Wildman–Crippen LogP) is -0.247. The van der Waals surface area contributed by atoms with Gasteiger partial charge in [-0.1, -0.05) is 0 Å². The molecule has 0 aromatic carbocycles. The number of hydrogen-bond acceptors (Lipinski definition) is 4. The zero-order valence-electron chi connectivity index (χ0n) is 9.89. The Labute approximate surface area is 100.0 Å². The van der Waals surface area contributed by atoms with Gasteiger partial charge < -0.3 is 20.3 Å². The molecule has 0 bridgehead atoms. The summed E-state index contributed by atoms with van der Waals surface area (Å²) in [6.45, 7) is 2.02.